The summed E-state index contributed by atoms with van der Waals surface area (Å²) in [4.78, 5) is 18.8. The number of aromatic nitrogens is 2. The number of nitrogens with two attached hydrogens (primary N) is 1. The van der Waals surface area contributed by atoms with E-state index < -0.39 is 0 Å². The quantitative estimate of drug-likeness (QED) is 0.588. The fourth-order valence-electron chi connectivity index (χ4n) is 1.66. The Morgan fingerprint density at radius 2 is 2.17 bits per heavy atom. The summed E-state index contributed by atoms with van der Waals surface area (Å²) in [6, 6.07) is 0. The first kappa shape index (κ1) is 14.7. The number of unbranched alkanes of at least 4 members (excludes halogenated alkanes) is 1. The molecule has 0 atom stereocenters. The lowest BCUT2D eigenvalue weighted by Crippen LogP contribution is -2.12. The van der Waals surface area contributed by atoms with Gasteiger partial charge in [-0.2, -0.15) is 0 Å². The van der Waals surface area contributed by atoms with Gasteiger partial charge in [-0.05, 0) is 18.8 Å². The summed E-state index contributed by atoms with van der Waals surface area (Å²) in [5.74, 6) is 0.763. The number of halogens is 1. The van der Waals surface area contributed by atoms with Gasteiger partial charge in [-0.3, -0.25) is 4.79 Å². The van der Waals surface area contributed by atoms with Crippen molar-refractivity contribution in [2.45, 2.75) is 39.0 Å². The van der Waals surface area contributed by atoms with Crippen LogP contribution >= 0.6 is 11.6 Å². The van der Waals surface area contributed by atoms with Gasteiger partial charge in [0, 0.05) is 18.5 Å². The van der Waals surface area contributed by atoms with Crippen molar-refractivity contribution >= 4 is 23.3 Å². The van der Waals surface area contributed by atoms with E-state index in [0.717, 1.165) is 30.8 Å². The van der Waals surface area contributed by atoms with Gasteiger partial charge in [-0.15, -0.1) is 0 Å². The highest BCUT2D eigenvalue weighted by atomic mass is 35.5. The van der Waals surface area contributed by atoms with Crippen LogP contribution in [0.15, 0.2) is 6.33 Å². The molecule has 0 radical (unpaired) electrons. The molecule has 0 aliphatic heterocycles. The molecule has 1 heterocycles. The lowest BCUT2D eigenvalue weighted by Gasteiger charge is -2.14. The number of nitrogens with zero attached hydrogens (tertiary/aromatic N) is 2. The van der Waals surface area contributed by atoms with Crippen molar-refractivity contribution in [1.82, 2.24) is 9.97 Å². The smallest absolute Gasteiger partial charge is 0.217 e. The van der Waals surface area contributed by atoms with E-state index in [4.69, 9.17) is 17.3 Å². The molecule has 0 aliphatic carbocycles. The largest absolute Gasteiger partial charge is 0.370 e. The highest BCUT2D eigenvalue weighted by Crippen LogP contribution is 2.27. The fourth-order valence-corrected chi connectivity index (χ4v) is 2.01. The number of hydrogen-bond donors (Lipinski definition) is 2. The second-order valence-corrected chi connectivity index (χ2v) is 4.79. The summed E-state index contributed by atoms with van der Waals surface area (Å²) in [7, 11) is 0. The van der Waals surface area contributed by atoms with E-state index in [-0.39, 0.29) is 11.8 Å². The van der Waals surface area contributed by atoms with Crippen LogP contribution in [0.1, 0.15) is 44.6 Å². The maximum absolute atomic E-state index is 10.6. The van der Waals surface area contributed by atoms with Crippen LogP contribution in [0.5, 0.6) is 0 Å². The Bertz CT molecular complexity index is 409. The topological polar surface area (TPSA) is 80.9 Å². The number of nitrogens with one attached hydrogen (secondary N) is 1. The lowest BCUT2D eigenvalue weighted by molar-refractivity contribution is -0.118. The Kier molecular flexibility index (Phi) is 5.85. The van der Waals surface area contributed by atoms with Crippen molar-refractivity contribution in [1.29, 1.82) is 0 Å². The molecule has 1 aromatic heterocycles. The van der Waals surface area contributed by atoms with Crippen LogP contribution < -0.4 is 11.1 Å². The summed E-state index contributed by atoms with van der Waals surface area (Å²) >= 11 is 6.05. The molecule has 1 aromatic rings. The molecule has 6 heteroatoms. The minimum Gasteiger partial charge on any atom is -0.370 e. The maximum atomic E-state index is 10.6. The maximum Gasteiger partial charge on any atom is 0.217 e. The van der Waals surface area contributed by atoms with Crippen molar-refractivity contribution < 1.29 is 4.79 Å². The molecule has 100 valence electrons. The van der Waals surface area contributed by atoms with Crippen LogP contribution in [-0.4, -0.2) is 22.4 Å². The fraction of sp³-hybridized carbons (Fsp3) is 0.583. The molecule has 0 fully saturated rings. The van der Waals surface area contributed by atoms with Crippen molar-refractivity contribution in [3.8, 4) is 0 Å². The van der Waals surface area contributed by atoms with Gasteiger partial charge in [0.15, 0.2) is 0 Å². The van der Waals surface area contributed by atoms with Gasteiger partial charge in [-0.25, -0.2) is 9.97 Å². The van der Waals surface area contributed by atoms with Crippen molar-refractivity contribution in [3.63, 3.8) is 0 Å². The van der Waals surface area contributed by atoms with E-state index in [1.807, 2.05) is 13.8 Å². The zero-order valence-electron chi connectivity index (χ0n) is 10.7. The van der Waals surface area contributed by atoms with Crippen LogP contribution in [0.4, 0.5) is 5.82 Å². The van der Waals surface area contributed by atoms with E-state index in [1.54, 1.807) is 0 Å². The van der Waals surface area contributed by atoms with E-state index in [1.165, 1.54) is 6.33 Å². The minimum atomic E-state index is -0.261. The molecule has 5 nitrogen and oxygen atoms in total. The van der Waals surface area contributed by atoms with Crippen molar-refractivity contribution in [2.24, 2.45) is 5.73 Å². The highest BCUT2D eigenvalue weighted by Gasteiger charge is 2.12. The second-order valence-electron chi connectivity index (χ2n) is 4.43. The van der Waals surface area contributed by atoms with Gasteiger partial charge in [0.25, 0.3) is 0 Å². The minimum absolute atomic E-state index is 0.256. The molecule has 0 aliphatic rings. The van der Waals surface area contributed by atoms with Gasteiger partial charge in [0.1, 0.15) is 17.3 Å². The Morgan fingerprint density at radius 3 is 2.78 bits per heavy atom. The SMILES string of the molecule is CC(C)c1c(Cl)ncnc1NCCCCC(N)=O. The number of carbonyl (C=O) groups excluding carboxylic acids is 1. The van der Waals surface area contributed by atoms with Crippen LogP contribution in [0.3, 0.4) is 0 Å². The molecule has 0 spiro atoms. The molecule has 0 aromatic carbocycles. The standard InChI is InChI=1S/C12H19ClN4O/c1-8(2)10-11(13)16-7-17-12(10)15-6-4-3-5-9(14)18/h7-8H,3-6H2,1-2H3,(H2,14,18)(H,15,16,17). The molecule has 0 saturated carbocycles. The molecular weight excluding hydrogens is 252 g/mol. The number of amides is 1. The average molecular weight is 271 g/mol. The number of anilines is 1. The third-order valence-electron chi connectivity index (χ3n) is 2.56. The van der Waals surface area contributed by atoms with Crippen LogP contribution in [0, 0.1) is 0 Å². The van der Waals surface area contributed by atoms with Gasteiger partial charge in [-0.1, -0.05) is 25.4 Å². The van der Waals surface area contributed by atoms with Crippen molar-refractivity contribution in [2.75, 3.05) is 11.9 Å². The Morgan fingerprint density at radius 1 is 1.44 bits per heavy atom. The third-order valence-corrected chi connectivity index (χ3v) is 2.86. The van der Waals surface area contributed by atoms with Gasteiger partial charge >= 0.3 is 0 Å². The molecule has 3 N–H and O–H groups in total. The van der Waals surface area contributed by atoms with Crippen LogP contribution in [-0.2, 0) is 4.79 Å². The predicted molar refractivity (Wildman–Crippen MR) is 72.7 cm³/mol. The number of rotatable bonds is 7. The molecule has 0 unspecified atom stereocenters. The van der Waals surface area contributed by atoms with E-state index in [9.17, 15) is 4.79 Å². The summed E-state index contributed by atoms with van der Waals surface area (Å²) in [6.07, 6.45) is 3.50. The Balaban J connectivity index is 2.52. The van der Waals surface area contributed by atoms with Gasteiger partial charge < -0.3 is 11.1 Å². The monoisotopic (exact) mass is 270 g/mol. The second kappa shape index (κ2) is 7.16. The van der Waals surface area contributed by atoms with E-state index >= 15 is 0 Å². The summed E-state index contributed by atoms with van der Waals surface area (Å²) < 4.78 is 0. The highest BCUT2D eigenvalue weighted by molar-refractivity contribution is 6.30. The summed E-state index contributed by atoms with van der Waals surface area (Å²) in [5.41, 5.74) is 6.00. The number of hydrogen-bond acceptors (Lipinski definition) is 4. The number of primary amides is 1. The number of carbonyl (C=O) groups is 1. The first-order valence-electron chi connectivity index (χ1n) is 6.05. The molecule has 18 heavy (non-hydrogen) atoms. The summed E-state index contributed by atoms with van der Waals surface area (Å²) in [6.45, 7) is 4.83. The first-order chi connectivity index (χ1) is 8.52. The summed E-state index contributed by atoms with van der Waals surface area (Å²) in [5, 5.41) is 3.71. The van der Waals surface area contributed by atoms with Crippen LogP contribution in [0.25, 0.3) is 0 Å². The van der Waals surface area contributed by atoms with Gasteiger partial charge in [0.05, 0.1) is 0 Å². The molecule has 0 bridgehead atoms. The van der Waals surface area contributed by atoms with Crippen LogP contribution in [0.2, 0.25) is 5.15 Å². The zero-order valence-corrected chi connectivity index (χ0v) is 11.5. The molecule has 1 rings (SSSR count). The normalized spacial score (nSPS) is 10.7. The molecule has 0 saturated heterocycles. The average Bonchev–Trinajstić information content (AvgIpc) is 2.27. The Hall–Kier alpha value is -1.36. The first-order valence-corrected chi connectivity index (χ1v) is 6.42. The third kappa shape index (κ3) is 4.49. The zero-order chi connectivity index (χ0) is 13.5. The van der Waals surface area contributed by atoms with Crippen molar-refractivity contribution in [3.05, 3.63) is 17.0 Å². The van der Waals surface area contributed by atoms with E-state index in [2.05, 4.69) is 15.3 Å². The predicted octanol–water partition coefficient (Wildman–Crippen LogP) is 2.32. The van der Waals surface area contributed by atoms with E-state index in [0.29, 0.717) is 11.6 Å². The Labute approximate surface area is 112 Å². The molecule has 1 amide bonds. The lowest BCUT2D eigenvalue weighted by atomic mass is 10.1. The molecular formula is C12H19ClN4O. The van der Waals surface area contributed by atoms with Gasteiger partial charge in [0.2, 0.25) is 5.91 Å².